The van der Waals surface area contributed by atoms with Crippen LogP contribution in [0.15, 0.2) is 28.7 Å². The summed E-state index contributed by atoms with van der Waals surface area (Å²) in [5.74, 6) is -5.88. The summed E-state index contributed by atoms with van der Waals surface area (Å²) in [5, 5.41) is 48.9. The number of allylic oxidation sites excluding steroid dienone is 1. The highest BCUT2D eigenvalue weighted by atomic mass is 16.3. The highest BCUT2D eigenvalue weighted by Gasteiger charge is 2.63. The second-order valence-electron chi connectivity index (χ2n) is 12.7. The molecule has 0 bridgehead atoms. The molecule has 4 aliphatic carbocycles. The average molecular weight is 583 g/mol. The molecule has 1 aromatic carbocycles. The molecule has 0 aromatic heterocycles. The van der Waals surface area contributed by atoms with Crippen molar-refractivity contribution in [3.05, 3.63) is 45.4 Å². The summed E-state index contributed by atoms with van der Waals surface area (Å²) >= 11 is 0. The molecular formula is C31H42N4O7. The first-order valence-electron chi connectivity index (χ1n) is 14.7. The molecule has 0 aliphatic heterocycles. The molecule has 0 heterocycles. The number of primary amides is 1. The van der Waals surface area contributed by atoms with Gasteiger partial charge in [-0.25, -0.2) is 0 Å². The van der Waals surface area contributed by atoms with E-state index in [0.717, 1.165) is 17.8 Å². The molecule has 0 unspecified atom stereocenters. The number of phenolic OH excluding ortho intramolecular Hbond substituents is 1. The number of rotatable bonds is 7. The molecule has 7 N–H and O–H groups in total. The van der Waals surface area contributed by atoms with E-state index in [1.807, 2.05) is 19.0 Å². The Bertz CT molecular complexity index is 1390. The van der Waals surface area contributed by atoms with E-state index in [1.54, 1.807) is 25.1 Å². The van der Waals surface area contributed by atoms with E-state index < -0.39 is 58.0 Å². The van der Waals surface area contributed by atoms with Crippen LogP contribution < -0.4 is 16.0 Å². The van der Waals surface area contributed by atoms with Gasteiger partial charge in [0.25, 0.3) is 5.91 Å². The van der Waals surface area contributed by atoms with Crippen molar-refractivity contribution in [3.63, 3.8) is 0 Å². The molecule has 4 atom stereocenters. The Morgan fingerprint density at radius 3 is 2.36 bits per heavy atom. The van der Waals surface area contributed by atoms with Crippen molar-refractivity contribution in [1.29, 1.82) is 0 Å². The zero-order chi connectivity index (χ0) is 30.7. The molecule has 11 nitrogen and oxygen atoms in total. The highest BCUT2D eigenvalue weighted by Crippen LogP contribution is 2.53. The van der Waals surface area contributed by atoms with Crippen LogP contribution in [0.1, 0.15) is 60.0 Å². The van der Waals surface area contributed by atoms with Crippen molar-refractivity contribution < 1.29 is 34.8 Å². The molecular weight excluding hydrogens is 540 g/mol. The summed E-state index contributed by atoms with van der Waals surface area (Å²) in [7, 11) is 6.98. The molecule has 228 valence electrons. The van der Waals surface area contributed by atoms with Crippen molar-refractivity contribution in [3.8, 4) is 5.75 Å². The number of fused-ring (bicyclic) bond motifs is 3. The summed E-state index contributed by atoms with van der Waals surface area (Å²) in [5.41, 5.74) is 4.09. The van der Waals surface area contributed by atoms with Gasteiger partial charge in [0.05, 0.1) is 11.6 Å². The summed E-state index contributed by atoms with van der Waals surface area (Å²) in [6.45, 7) is 1.38. The fraction of sp³-hybridized carbons (Fsp3) is 0.581. The van der Waals surface area contributed by atoms with E-state index in [1.165, 1.54) is 32.1 Å². The van der Waals surface area contributed by atoms with Gasteiger partial charge in [0.2, 0.25) is 5.78 Å². The minimum absolute atomic E-state index is 0.0236. The number of aliphatic hydroxyl groups is 3. The third-order valence-electron chi connectivity index (χ3n) is 9.69. The number of hydrogen-bond acceptors (Lipinski definition) is 10. The molecule has 1 saturated carbocycles. The first-order chi connectivity index (χ1) is 19.8. The molecule has 11 heteroatoms. The Kier molecular flexibility index (Phi) is 7.88. The van der Waals surface area contributed by atoms with Crippen LogP contribution in [0.3, 0.4) is 0 Å². The Morgan fingerprint density at radius 2 is 1.76 bits per heavy atom. The molecule has 4 aliphatic rings. The SMILES string of the molecule is CN(C)c1c(CNCC2CCCCC2)cc(O)c2c1C[C@H]1C[C@H]3[C@H](N(C)C)C(O)=C(C(N)=O)C(=O)[C@@]3(O)C(O)=C1C2=O. The van der Waals surface area contributed by atoms with Crippen molar-refractivity contribution in [2.45, 2.75) is 63.1 Å². The number of phenols is 1. The van der Waals surface area contributed by atoms with E-state index in [2.05, 4.69) is 5.32 Å². The maximum atomic E-state index is 14.0. The predicted molar refractivity (Wildman–Crippen MR) is 156 cm³/mol. The quantitative estimate of drug-likeness (QED) is 0.260. The monoisotopic (exact) mass is 582 g/mol. The zero-order valence-corrected chi connectivity index (χ0v) is 24.7. The number of carbonyl (C=O) groups is 3. The number of nitrogens with zero attached hydrogens (tertiary/aromatic N) is 2. The first-order valence-corrected chi connectivity index (χ1v) is 14.7. The number of carbonyl (C=O) groups excluding carboxylic acids is 3. The number of likely N-dealkylation sites (N-methyl/N-ethyl adjacent to an activating group) is 1. The van der Waals surface area contributed by atoms with Crippen LogP contribution in [0.25, 0.3) is 0 Å². The molecule has 0 saturated heterocycles. The van der Waals surface area contributed by atoms with Crippen molar-refractivity contribution in [2.75, 3.05) is 39.6 Å². The van der Waals surface area contributed by atoms with Gasteiger partial charge in [0, 0.05) is 37.8 Å². The van der Waals surface area contributed by atoms with Gasteiger partial charge in [0.15, 0.2) is 11.4 Å². The number of anilines is 1. The topological polar surface area (TPSA) is 177 Å². The summed E-state index contributed by atoms with van der Waals surface area (Å²) < 4.78 is 0. The van der Waals surface area contributed by atoms with Crippen molar-refractivity contribution in [2.24, 2.45) is 23.5 Å². The fourth-order valence-corrected chi connectivity index (χ4v) is 7.87. The lowest BCUT2D eigenvalue weighted by atomic mass is 9.58. The summed E-state index contributed by atoms with van der Waals surface area (Å²) in [4.78, 5) is 43.1. The van der Waals surface area contributed by atoms with Gasteiger partial charge in [-0.3, -0.25) is 19.3 Å². The smallest absolute Gasteiger partial charge is 0.255 e. The van der Waals surface area contributed by atoms with Gasteiger partial charge in [-0.1, -0.05) is 19.3 Å². The molecule has 42 heavy (non-hydrogen) atoms. The molecule has 0 spiro atoms. The fourth-order valence-electron chi connectivity index (χ4n) is 7.87. The maximum absolute atomic E-state index is 14.0. The summed E-state index contributed by atoms with van der Waals surface area (Å²) in [6.07, 6.45) is 6.49. The number of amides is 1. The summed E-state index contributed by atoms with van der Waals surface area (Å²) in [6, 6.07) is 0.547. The number of aliphatic hydroxyl groups excluding tert-OH is 2. The molecule has 1 fully saturated rings. The number of hydrogen-bond donors (Lipinski definition) is 6. The Morgan fingerprint density at radius 1 is 1.10 bits per heavy atom. The van der Waals surface area contributed by atoms with E-state index in [-0.39, 0.29) is 29.7 Å². The lowest BCUT2D eigenvalue weighted by Gasteiger charge is -2.50. The molecule has 0 radical (unpaired) electrons. The van der Waals surface area contributed by atoms with E-state index in [0.29, 0.717) is 18.0 Å². The number of nitrogens with two attached hydrogens (primary N) is 1. The first kappa shape index (κ1) is 30.1. The van der Waals surface area contributed by atoms with Crippen molar-refractivity contribution >= 4 is 23.2 Å². The van der Waals surface area contributed by atoms with Gasteiger partial charge < -0.3 is 36.4 Å². The number of nitrogens with one attached hydrogen (secondary N) is 1. The van der Waals surface area contributed by atoms with Crippen LogP contribution in [0.5, 0.6) is 5.75 Å². The van der Waals surface area contributed by atoms with Gasteiger partial charge in [-0.15, -0.1) is 0 Å². The van der Waals surface area contributed by atoms with E-state index in [4.69, 9.17) is 5.73 Å². The average Bonchev–Trinajstić information content (AvgIpc) is 2.90. The van der Waals surface area contributed by atoms with Gasteiger partial charge in [-0.2, -0.15) is 0 Å². The third kappa shape index (κ3) is 4.58. The second-order valence-corrected chi connectivity index (χ2v) is 12.7. The Hall–Kier alpha value is -3.41. The number of aromatic hydroxyl groups is 1. The van der Waals surface area contributed by atoms with Crippen LogP contribution in [0, 0.1) is 17.8 Å². The lowest BCUT2D eigenvalue weighted by Crippen LogP contribution is -2.63. The van der Waals surface area contributed by atoms with Crippen LogP contribution in [-0.4, -0.2) is 89.2 Å². The minimum Gasteiger partial charge on any atom is -0.510 e. The maximum Gasteiger partial charge on any atom is 0.255 e. The predicted octanol–water partition coefficient (Wildman–Crippen LogP) is 1.86. The molecule has 1 aromatic rings. The second kappa shape index (κ2) is 11.0. The van der Waals surface area contributed by atoms with E-state index in [9.17, 15) is 34.8 Å². The standard InChI is InChI=1S/C31H42N4O7/c1-34(2)24-17(14-33-13-15-8-6-5-7-9-15)12-20(36)22-18(24)10-16-11-19-25(35(3)4)27(38)23(30(32)41)29(40)31(19,42)28(39)21(16)26(22)37/h12,15-16,19,25,33,36,38-39,42H,5-11,13-14H2,1-4H3,(H2,32,41)/t16-,19-,25-,31-/m0/s1. The Balaban J connectivity index is 1.57. The zero-order valence-electron chi connectivity index (χ0n) is 24.7. The highest BCUT2D eigenvalue weighted by molar-refractivity contribution is 6.24. The van der Waals surface area contributed by atoms with Gasteiger partial charge >= 0.3 is 0 Å². The number of ketones is 2. The minimum atomic E-state index is -2.65. The Labute approximate surface area is 245 Å². The van der Waals surface area contributed by atoms with E-state index >= 15 is 0 Å². The van der Waals surface area contributed by atoms with Crippen LogP contribution in [0.4, 0.5) is 5.69 Å². The van der Waals surface area contributed by atoms with Crippen LogP contribution in [0.2, 0.25) is 0 Å². The van der Waals surface area contributed by atoms with Crippen LogP contribution in [-0.2, 0) is 22.6 Å². The molecule has 5 rings (SSSR count). The number of benzene rings is 1. The molecule has 1 amide bonds. The van der Waals surface area contributed by atoms with Crippen molar-refractivity contribution in [1.82, 2.24) is 10.2 Å². The van der Waals surface area contributed by atoms with Gasteiger partial charge in [-0.05, 0) is 75.4 Å². The third-order valence-corrected chi connectivity index (χ3v) is 9.69. The lowest BCUT2D eigenvalue weighted by molar-refractivity contribution is -0.148. The van der Waals surface area contributed by atoms with Gasteiger partial charge in [0.1, 0.15) is 22.8 Å². The largest absolute Gasteiger partial charge is 0.510 e. The normalized spacial score (nSPS) is 28.1. The van der Waals surface area contributed by atoms with Crippen LogP contribution >= 0.6 is 0 Å². The number of Topliss-reactive ketones (excluding diaryl/α,β-unsaturated/α-hetero) is 2.